The first-order chi connectivity index (χ1) is 15.1. The summed E-state index contributed by atoms with van der Waals surface area (Å²) in [6.07, 6.45) is 0.724. The molecular formula is C23H28FN3O4S. The molecule has 0 spiro atoms. The average Bonchev–Trinajstić information content (AvgIpc) is 2.73. The summed E-state index contributed by atoms with van der Waals surface area (Å²) in [4.78, 5) is 27.8. The van der Waals surface area contributed by atoms with Crippen LogP contribution in [0.2, 0.25) is 0 Å². The number of carbonyl (C=O) groups is 2. The standard InChI is InChI=1S/C23H28FN3O4S/c1-17(2)12-13-25-22(29)23(3)16-26(32(30,31)20-10-5-4-6-11-20)15-21(28)27(23)19-9-7-8-18(24)14-19/h4-11,14,17H,12-13,15-16H2,1-3H3,(H,25,29)/t23-/m0/s1. The van der Waals surface area contributed by atoms with Crippen molar-refractivity contribution in [1.82, 2.24) is 9.62 Å². The molecule has 7 nitrogen and oxygen atoms in total. The molecule has 0 radical (unpaired) electrons. The number of piperazine rings is 1. The third kappa shape index (κ3) is 4.83. The van der Waals surface area contributed by atoms with Gasteiger partial charge in [0.1, 0.15) is 11.4 Å². The fraction of sp³-hybridized carbons (Fsp3) is 0.391. The van der Waals surface area contributed by atoms with Crippen LogP contribution < -0.4 is 10.2 Å². The van der Waals surface area contributed by atoms with Crippen LogP contribution in [0.25, 0.3) is 0 Å². The molecule has 0 aliphatic carbocycles. The molecule has 1 heterocycles. The molecule has 32 heavy (non-hydrogen) atoms. The van der Waals surface area contributed by atoms with Crippen molar-refractivity contribution in [1.29, 1.82) is 0 Å². The summed E-state index contributed by atoms with van der Waals surface area (Å²) >= 11 is 0. The molecule has 1 aliphatic rings. The van der Waals surface area contributed by atoms with E-state index in [-0.39, 0.29) is 17.1 Å². The third-order valence-electron chi connectivity index (χ3n) is 5.48. The summed E-state index contributed by atoms with van der Waals surface area (Å²) in [5.41, 5.74) is -1.37. The Morgan fingerprint density at radius 3 is 2.47 bits per heavy atom. The van der Waals surface area contributed by atoms with Gasteiger partial charge in [-0.05, 0) is 49.6 Å². The van der Waals surface area contributed by atoms with Gasteiger partial charge in [0.15, 0.2) is 0 Å². The SMILES string of the molecule is CC(C)CCNC(=O)[C@]1(C)CN(S(=O)(=O)c2ccccc2)CC(=O)N1c1cccc(F)c1. The van der Waals surface area contributed by atoms with Crippen molar-refractivity contribution in [2.45, 2.75) is 37.6 Å². The lowest BCUT2D eigenvalue weighted by atomic mass is 9.94. The van der Waals surface area contributed by atoms with Crippen molar-refractivity contribution in [2.24, 2.45) is 5.92 Å². The van der Waals surface area contributed by atoms with E-state index in [0.717, 1.165) is 10.7 Å². The Hall–Kier alpha value is -2.78. The van der Waals surface area contributed by atoms with Crippen LogP contribution in [0, 0.1) is 11.7 Å². The number of sulfonamides is 1. The number of hydrogen-bond donors (Lipinski definition) is 1. The second-order valence-electron chi connectivity index (χ2n) is 8.51. The van der Waals surface area contributed by atoms with Crippen molar-refractivity contribution < 1.29 is 22.4 Å². The molecule has 1 atom stereocenters. The summed E-state index contributed by atoms with van der Waals surface area (Å²) in [6, 6.07) is 13.1. The maximum Gasteiger partial charge on any atom is 0.247 e. The molecule has 9 heteroatoms. The molecule has 172 valence electrons. The Morgan fingerprint density at radius 1 is 1.16 bits per heavy atom. The monoisotopic (exact) mass is 461 g/mol. The maximum absolute atomic E-state index is 13.9. The van der Waals surface area contributed by atoms with Crippen molar-refractivity contribution >= 4 is 27.5 Å². The second kappa shape index (κ2) is 9.38. The minimum atomic E-state index is -4.02. The predicted molar refractivity (Wildman–Crippen MR) is 120 cm³/mol. The smallest absolute Gasteiger partial charge is 0.247 e. The highest BCUT2D eigenvalue weighted by Gasteiger charge is 2.51. The van der Waals surface area contributed by atoms with Crippen molar-refractivity contribution in [3.05, 3.63) is 60.4 Å². The number of nitrogens with one attached hydrogen (secondary N) is 1. The highest BCUT2D eigenvalue weighted by Crippen LogP contribution is 2.32. The van der Waals surface area contributed by atoms with E-state index in [1.807, 2.05) is 13.8 Å². The summed E-state index contributed by atoms with van der Waals surface area (Å²) in [5, 5.41) is 2.82. The molecule has 0 unspecified atom stereocenters. The Kier molecular flexibility index (Phi) is 7.00. The van der Waals surface area contributed by atoms with E-state index in [1.165, 1.54) is 48.2 Å². The minimum absolute atomic E-state index is 0.0366. The average molecular weight is 462 g/mol. The first-order valence-electron chi connectivity index (χ1n) is 10.5. The number of nitrogens with zero attached hydrogens (tertiary/aromatic N) is 2. The molecule has 1 fully saturated rings. The molecule has 2 aromatic rings. The van der Waals surface area contributed by atoms with Crippen LogP contribution in [-0.2, 0) is 19.6 Å². The molecule has 0 bridgehead atoms. The molecule has 1 N–H and O–H groups in total. The van der Waals surface area contributed by atoms with Crippen LogP contribution in [0.4, 0.5) is 10.1 Å². The summed E-state index contributed by atoms with van der Waals surface area (Å²) in [7, 11) is -4.02. The molecule has 1 saturated heterocycles. The maximum atomic E-state index is 13.9. The molecule has 3 rings (SSSR count). The molecule has 1 aliphatic heterocycles. The normalized spacial score (nSPS) is 19.9. The first kappa shape index (κ1) is 23.9. The van der Waals surface area contributed by atoms with E-state index in [9.17, 15) is 22.4 Å². The Morgan fingerprint density at radius 2 is 1.84 bits per heavy atom. The molecule has 2 amide bonds. The van der Waals surface area contributed by atoms with Gasteiger partial charge >= 0.3 is 0 Å². The predicted octanol–water partition coefficient (Wildman–Crippen LogP) is 2.78. The van der Waals surface area contributed by atoms with Crippen LogP contribution in [0.3, 0.4) is 0 Å². The van der Waals surface area contributed by atoms with E-state index < -0.39 is 39.7 Å². The highest BCUT2D eigenvalue weighted by molar-refractivity contribution is 7.89. The van der Waals surface area contributed by atoms with Gasteiger partial charge in [0.05, 0.1) is 11.4 Å². The fourth-order valence-electron chi connectivity index (χ4n) is 3.76. The lowest BCUT2D eigenvalue weighted by Gasteiger charge is -2.46. The zero-order valence-corrected chi connectivity index (χ0v) is 19.2. The lowest BCUT2D eigenvalue weighted by molar-refractivity contribution is -0.132. The minimum Gasteiger partial charge on any atom is -0.354 e. The van der Waals surface area contributed by atoms with Gasteiger partial charge < -0.3 is 5.32 Å². The van der Waals surface area contributed by atoms with Crippen LogP contribution in [0.15, 0.2) is 59.5 Å². The highest BCUT2D eigenvalue weighted by atomic mass is 32.2. The summed E-state index contributed by atoms with van der Waals surface area (Å²) < 4.78 is 41.4. The Bertz CT molecular complexity index is 1090. The number of benzene rings is 2. The lowest BCUT2D eigenvalue weighted by Crippen LogP contribution is -2.70. The number of rotatable bonds is 7. The quantitative estimate of drug-likeness (QED) is 0.687. The van der Waals surface area contributed by atoms with Crippen LogP contribution in [0.1, 0.15) is 27.2 Å². The zero-order valence-electron chi connectivity index (χ0n) is 18.4. The summed E-state index contributed by atoms with van der Waals surface area (Å²) in [5.74, 6) is -1.31. The summed E-state index contributed by atoms with van der Waals surface area (Å²) in [6.45, 7) is 5.20. The molecule has 0 saturated carbocycles. The van der Waals surface area contributed by atoms with Crippen LogP contribution in [-0.4, -0.2) is 49.7 Å². The van der Waals surface area contributed by atoms with Crippen LogP contribution in [0.5, 0.6) is 0 Å². The molecule has 2 aromatic carbocycles. The van der Waals surface area contributed by atoms with Gasteiger partial charge in [0.2, 0.25) is 21.8 Å². The van der Waals surface area contributed by atoms with Crippen LogP contribution >= 0.6 is 0 Å². The van der Waals surface area contributed by atoms with Crippen molar-refractivity contribution in [3.63, 3.8) is 0 Å². The van der Waals surface area contributed by atoms with E-state index in [4.69, 9.17) is 0 Å². The number of hydrogen-bond acceptors (Lipinski definition) is 4. The van der Waals surface area contributed by atoms with Gasteiger partial charge in [-0.3, -0.25) is 14.5 Å². The van der Waals surface area contributed by atoms with Crippen molar-refractivity contribution in [3.8, 4) is 0 Å². The number of halogens is 1. The topological polar surface area (TPSA) is 86.8 Å². The zero-order chi connectivity index (χ0) is 23.5. The van der Waals surface area contributed by atoms with Gasteiger partial charge in [-0.2, -0.15) is 4.31 Å². The van der Waals surface area contributed by atoms with Crippen molar-refractivity contribution in [2.75, 3.05) is 24.5 Å². The van der Waals surface area contributed by atoms with Gasteiger partial charge in [-0.1, -0.05) is 38.1 Å². The van der Waals surface area contributed by atoms with E-state index in [1.54, 1.807) is 18.2 Å². The largest absolute Gasteiger partial charge is 0.354 e. The van der Waals surface area contributed by atoms with E-state index in [2.05, 4.69) is 5.32 Å². The first-order valence-corrected chi connectivity index (χ1v) is 11.9. The van der Waals surface area contributed by atoms with E-state index in [0.29, 0.717) is 12.5 Å². The number of carbonyl (C=O) groups excluding carboxylic acids is 2. The van der Waals surface area contributed by atoms with Gasteiger partial charge in [0, 0.05) is 18.8 Å². The third-order valence-corrected chi connectivity index (χ3v) is 7.29. The van der Waals surface area contributed by atoms with Gasteiger partial charge in [-0.25, -0.2) is 12.8 Å². The fourth-order valence-corrected chi connectivity index (χ4v) is 5.26. The number of anilines is 1. The van der Waals surface area contributed by atoms with E-state index >= 15 is 0 Å². The molecule has 0 aromatic heterocycles. The Balaban J connectivity index is 2.01. The molecular weight excluding hydrogens is 433 g/mol. The Labute approximate surface area is 188 Å². The van der Waals surface area contributed by atoms with Gasteiger partial charge in [0.25, 0.3) is 0 Å². The number of amides is 2. The second-order valence-corrected chi connectivity index (χ2v) is 10.4. The van der Waals surface area contributed by atoms with Gasteiger partial charge in [-0.15, -0.1) is 0 Å².